The van der Waals surface area contributed by atoms with Crippen LogP contribution in [0.1, 0.15) is 125 Å². The number of carbonyl (C=O) groups excluding carboxylic acids is 8. The highest BCUT2D eigenvalue weighted by Crippen LogP contribution is 2.43. The van der Waals surface area contributed by atoms with E-state index in [2.05, 4.69) is 46.9 Å². The standard InChI is InChI=1S/C66H71N15O19S5.C2HF3O2/c1-28(82)45-58(89)77-46(29(2)94-7)61-73-39(27-103-61)57(88)78-49-51-52(100-43-18-66(4,92)53(79(5)6)30(3)99-43)65(91)97-20-31-9-8-10-40-44(31)33(21-96-51)50(81(40)93)64(90)98-22-34(69-55(86)37-26-105-63(49)74-37)60-70-35(23-102-60)47-32(59-71-38(25-101-59)56(87)76-45)17-41(83)48(75-47)62-72-36(24-104-62)54(85)68-12-11-67-42(84)19-80-13-15-95-16-14-80;3-2(4,5)1(6)7/h8-10,17,23-28,30,34,43,45,49,51-53,82-83,92-93H,11-16,18-22H2,1-7H3,(H,67,84)(H,68,85)(H,69,86)(H,76,87)(H,77,89)(H,78,88);(H,6,7)/b46-29+;/t28-,30+,34+,43+,45+,49+,51+,52+,53-,66+;/m1./s1. The molecule has 36 nitrogen and oxygen atoms in total. The van der Waals surface area contributed by atoms with Crippen molar-refractivity contribution in [3.8, 4) is 38.4 Å². The number of nitrogens with zero attached hydrogens (tertiary/aromatic N) is 9. The summed E-state index contributed by atoms with van der Waals surface area (Å²) < 4.78 is 75.4. The molecule has 10 atom stereocenters. The number of hydrogen-bond acceptors (Lipinski definition) is 33. The fourth-order valence-electron chi connectivity index (χ4n) is 13.0. The number of allylic oxidation sites excluding steroid dienone is 1. The highest BCUT2D eigenvalue weighted by Gasteiger charge is 2.50. The summed E-state index contributed by atoms with van der Waals surface area (Å²) in [6.07, 6.45) is -12.6. The number of aliphatic carboxylic acids is 1. The minimum Gasteiger partial charge on any atom is -0.506 e. The number of carbonyl (C=O) groups is 9. The third kappa shape index (κ3) is 17.9. The van der Waals surface area contributed by atoms with Gasteiger partial charge in [-0.2, -0.15) is 17.9 Å². The zero-order chi connectivity index (χ0) is 80.4. The van der Waals surface area contributed by atoms with Crippen LogP contribution in [0.3, 0.4) is 0 Å². The Morgan fingerprint density at radius 3 is 2.16 bits per heavy atom. The number of fused-ring (bicyclic) bond motifs is 15. The van der Waals surface area contributed by atoms with E-state index in [4.69, 9.17) is 58.0 Å². The molecule has 8 aromatic rings. The second kappa shape index (κ2) is 34.1. The summed E-state index contributed by atoms with van der Waals surface area (Å²) in [7, 11) is 4.85. The zero-order valence-corrected chi connectivity index (χ0v) is 64.2. The van der Waals surface area contributed by atoms with Crippen LogP contribution in [-0.2, 0) is 65.5 Å². The first-order valence-electron chi connectivity index (χ1n) is 34.1. The summed E-state index contributed by atoms with van der Waals surface area (Å²) in [5.74, 6) is -9.87. The lowest BCUT2D eigenvalue weighted by Crippen LogP contribution is -2.62. The third-order valence-electron chi connectivity index (χ3n) is 18.2. The van der Waals surface area contributed by atoms with E-state index < -0.39 is 145 Å². The highest BCUT2D eigenvalue weighted by atomic mass is 32.1. The predicted octanol–water partition coefficient (Wildman–Crippen LogP) is 3.97. The Kier molecular flexibility index (Phi) is 24.8. The van der Waals surface area contributed by atoms with Crippen molar-refractivity contribution in [1.82, 2.24) is 76.3 Å². The summed E-state index contributed by atoms with van der Waals surface area (Å²) in [5, 5.41) is 78.5. The van der Waals surface area contributed by atoms with Crippen LogP contribution in [0.15, 0.2) is 56.9 Å². The Morgan fingerprint density at radius 2 is 1.46 bits per heavy atom. The van der Waals surface area contributed by atoms with Gasteiger partial charge in [0.05, 0.1) is 62.8 Å². The smallest absolute Gasteiger partial charge is 0.490 e. The maximum Gasteiger partial charge on any atom is 0.490 e. The Hall–Kier alpha value is -10.1. The summed E-state index contributed by atoms with van der Waals surface area (Å²) in [4.78, 5) is 157. The Labute approximate surface area is 652 Å². The van der Waals surface area contributed by atoms with E-state index in [1.807, 2.05) is 4.90 Å². The van der Waals surface area contributed by atoms with Crippen LogP contribution < -0.4 is 31.9 Å². The second-order valence-corrected chi connectivity index (χ2v) is 30.7. The summed E-state index contributed by atoms with van der Waals surface area (Å²) >= 11 is 4.61. The number of aromatic nitrogens is 7. The molecule has 0 spiro atoms. The molecule has 5 aliphatic rings. The molecule has 12 bridgehead atoms. The first-order valence-corrected chi connectivity index (χ1v) is 38.5. The van der Waals surface area contributed by atoms with Crippen LogP contribution in [0.4, 0.5) is 13.2 Å². The predicted molar refractivity (Wildman–Crippen MR) is 391 cm³/mol. The summed E-state index contributed by atoms with van der Waals surface area (Å²) in [5.41, 5.74) is -2.47. The maximum absolute atomic E-state index is 15.2. The van der Waals surface area contributed by atoms with Gasteiger partial charge in [0, 0.05) is 76.0 Å². The van der Waals surface area contributed by atoms with Crippen molar-refractivity contribution < 1.29 is 115 Å². The number of pyridine rings is 1. The number of morpholine rings is 1. The van der Waals surface area contributed by atoms with E-state index in [1.54, 1.807) is 50.4 Å². The number of aromatic hydroxyl groups is 1. The number of nitrogens with one attached hydrogen (secondary N) is 6. The van der Waals surface area contributed by atoms with E-state index in [0.29, 0.717) is 36.6 Å². The number of carboxylic acid groups (broad SMARTS) is 1. The monoisotopic (exact) mass is 1650 g/mol. The maximum atomic E-state index is 15.2. The molecule has 6 amide bonds. The van der Waals surface area contributed by atoms with Gasteiger partial charge in [-0.05, 0) is 59.5 Å². The minimum absolute atomic E-state index is 0.00812. The van der Waals surface area contributed by atoms with Gasteiger partial charge in [0.1, 0.15) is 120 Å². The Balaban J connectivity index is 0.00000159. The fourth-order valence-corrected chi connectivity index (χ4v) is 17.1. The molecule has 112 heavy (non-hydrogen) atoms. The minimum atomic E-state index is -5.08. The molecule has 0 saturated carbocycles. The van der Waals surface area contributed by atoms with Crippen LogP contribution in [0.25, 0.3) is 49.3 Å². The molecular weight excluding hydrogens is 1580 g/mol. The quantitative estimate of drug-likeness (QED) is 0.0357. The number of rotatable bonds is 12. The van der Waals surface area contributed by atoms with Gasteiger partial charge in [0.25, 0.3) is 23.6 Å². The largest absolute Gasteiger partial charge is 0.506 e. The van der Waals surface area contributed by atoms with Crippen molar-refractivity contribution >= 4 is 127 Å². The van der Waals surface area contributed by atoms with Crippen molar-refractivity contribution in [2.45, 2.75) is 114 Å². The topological polar surface area (TPSA) is 480 Å². The number of thiazole rings is 5. The number of ether oxygens (including phenoxy) is 7. The number of benzene rings is 1. The number of methoxy groups -OCH3 is 1. The van der Waals surface area contributed by atoms with Gasteiger partial charge in [0.15, 0.2) is 18.1 Å². The Morgan fingerprint density at radius 1 is 0.821 bits per heavy atom. The number of carboxylic acids is 1. The highest BCUT2D eigenvalue weighted by molar-refractivity contribution is 7.14. The number of cyclic esters (lactones) is 2. The molecule has 11 N–H and O–H groups in total. The molecule has 2 saturated heterocycles. The lowest BCUT2D eigenvalue weighted by atomic mass is 9.85. The number of esters is 2. The van der Waals surface area contributed by atoms with E-state index >= 15 is 19.2 Å². The lowest BCUT2D eigenvalue weighted by molar-refractivity contribution is -0.280. The molecule has 5 aliphatic heterocycles. The molecular formula is C68H72F3N15O21S5. The van der Waals surface area contributed by atoms with Crippen molar-refractivity contribution in [1.29, 1.82) is 0 Å². The van der Waals surface area contributed by atoms with Gasteiger partial charge >= 0.3 is 24.1 Å². The number of likely N-dealkylation sites (N-methyl/N-ethyl adjacent to an activating group) is 1. The molecule has 0 aliphatic carbocycles. The van der Waals surface area contributed by atoms with Crippen LogP contribution in [0, 0.1) is 0 Å². The summed E-state index contributed by atoms with van der Waals surface area (Å²) in [6.45, 7) is 6.93. The molecule has 596 valence electrons. The van der Waals surface area contributed by atoms with Crippen LogP contribution in [0.2, 0.25) is 0 Å². The molecule has 44 heteroatoms. The van der Waals surface area contributed by atoms with Crippen LogP contribution >= 0.6 is 56.7 Å². The van der Waals surface area contributed by atoms with Gasteiger partial charge < -0.3 is 95.6 Å². The number of aliphatic hydroxyl groups is 2. The van der Waals surface area contributed by atoms with E-state index in [0.717, 1.165) is 56.7 Å². The number of hydrogen-bond donors (Lipinski definition) is 11. The van der Waals surface area contributed by atoms with Crippen LogP contribution in [0.5, 0.6) is 5.75 Å². The van der Waals surface area contributed by atoms with E-state index in [-0.39, 0.29) is 130 Å². The molecule has 0 unspecified atom stereocenters. The first-order chi connectivity index (χ1) is 53.3. The number of alkyl halides is 3. The average molecular weight is 1650 g/mol. The van der Waals surface area contributed by atoms with Gasteiger partial charge in [-0.15, -0.1) is 56.7 Å². The average Bonchev–Trinajstić information content (AvgIpc) is 1.59. The van der Waals surface area contributed by atoms with E-state index in [1.165, 1.54) is 54.6 Å². The van der Waals surface area contributed by atoms with Crippen LogP contribution in [-0.4, -0.2) is 252 Å². The SMILES string of the molecule is CO/C(C)=C1/NC(=O)[C@H]([C@@H](C)O)NC(=O)c2csc(n2)-c2cc(O)c(-c3nc(C(=O)NCCNC(=O)CN4CCOCC4)cs3)nc2-c2csc(n2)[C@@H]2COC(=O)c3c4c5c(cccc5n3O)COC(=O)[C@@H](O[C@H]3C[C@](C)(O)[C@H](N(C)C)[C@H](C)O3)[C@@H](OC4)[C@H](NC(=O)c3csc1n3)c1nc(cs1)C(=O)N2.O=C(O)C(F)(F)F. The van der Waals surface area contributed by atoms with Crippen molar-refractivity contribution in [2.24, 2.45) is 0 Å². The molecule has 0 radical (unpaired) electrons. The molecule has 12 heterocycles. The fraction of sp³-hybridized carbons (Fsp3) is 0.426. The van der Waals surface area contributed by atoms with Gasteiger partial charge in [-0.3, -0.25) is 33.7 Å². The van der Waals surface area contributed by atoms with Gasteiger partial charge in [0.2, 0.25) is 11.8 Å². The first kappa shape index (κ1) is 81.4. The zero-order valence-electron chi connectivity index (χ0n) is 60.1. The second-order valence-electron chi connectivity index (χ2n) is 26.3. The normalized spacial score (nSPS) is 23.5. The molecule has 7 aromatic heterocycles. The van der Waals surface area contributed by atoms with Gasteiger partial charge in [-0.1, -0.05) is 12.1 Å². The summed E-state index contributed by atoms with van der Waals surface area (Å²) in [6, 6.07) is 0.728. The third-order valence-corrected chi connectivity index (χ3v) is 22.7. The van der Waals surface area contributed by atoms with Gasteiger partial charge in [-0.25, -0.2) is 44.3 Å². The van der Waals surface area contributed by atoms with Crippen molar-refractivity contribution in [3.05, 3.63) is 112 Å². The van der Waals surface area contributed by atoms with Crippen molar-refractivity contribution in [3.63, 3.8) is 0 Å². The molecule has 1 aromatic carbocycles. The van der Waals surface area contributed by atoms with Crippen molar-refractivity contribution in [2.75, 3.05) is 73.7 Å². The lowest BCUT2D eigenvalue weighted by Gasteiger charge is -2.48. The molecule has 2 fully saturated rings. The number of aliphatic hydroxyl groups excluding tert-OH is 1. The number of amides is 6. The molecule has 13 rings (SSSR count). The van der Waals surface area contributed by atoms with E-state index in [9.17, 15) is 52.9 Å². The number of halogens is 3. The Bertz CT molecular complexity index is 4970.